The van der Waals surface area contributed by atoms with Gasteiger partial charge in [0.1, 0.15) is 22.0 Å². The van der Waals surface area contributed by atoms with Gasteiger partial charge in [-0.05, 0) is 76.2 Å². The van der Waals surface area contributed by atoms with E-state index in [0.717, 1.165) is 76.2 Å². The minimum absolute atomic E-state index is 0.0652. The summed E-state index contributed by atoms with van der Waals surface area (Å²) in [6.07, 6.45) is 1.94. The number of hydrogen-bond acceptors (Lipinski definition) is 4. The van der Waals surface area contributed by atoms with Crippen LogP contribution in [0.2, 0.25) is 0 Å². The molecule has 2 aromatic heterocycles. The van der Waals surface area contributed by atoms with Crippen molar-refractivity contribution in [1.82, 2.24) is 4.98 Å². The predicted molar refractivity (Wildman–Crippen MR) is 196 cm³/mol. The standard InChI is InChI=1S/C42H31FN2OS/c1-42(2,3)28-11-8-10-26(24-28)25-44-35-15-6-4-12-33(35)41-45-39-31(14-9-17-37(39)47-41)32-23-22-30(27-18-20-29(43)21-19-27)38-34-13-5-7-16-36(34)46-40(32)38/h4-25H,1-3H3. The summed E-state index contributed by atoms with van der Waals surface area (Å²) in [5.74, 6) is -0.258. The Balaban J connectivity index is 1.25. The average molecular weight is 631 g/mol. The van der Waals surface area contributed by atoms with E-state index in [9.17, 15) is 4.39 Å². The van der Waals surface area contributed by atoms with E-state index in [-0.39, 0.29) is 11.2 Å². The highest BCUT2D eigenvalue weighted by molar-refractivity contribution is 7.21. The molecule has 0 atom stereocenters. The maximum absolute atomic E-state index is 13.8. The van der Waals surface area contributed by atoms with Crippen LogP contribution in [-0.4, -0.2) is 11.2 Å². The molecule has 228 valence electrons. The van der Waals surface area contributed by atoms with Crippen LogP contribution < -0.4 is 0 Å². The predicted octanol–water partition coefficient (Wildman–Crippen LogP) is 12.4. The number of aromatic nitrogens is 1. The van der Waals surface area contributed by atoms with Crippen LogP contribution in [0.3, 0.4) is 0 Å². The van der Waals surface area contributed by atoms with Crippen molar-refractivity contribution in [2.24, 2.45) is 4.99 Å². The van der Waals surface area contributed by atoms with E-state index in [1.54, 1.807) is 11.3 Å². The average Bonchev–Trinajstić information content (AvgIpc) is 3.70. The number of furan rings is 1. The molecule has 0 aliphatic rings. The molecule has 0 saturated heterocycles. The SMILES string of the molecule is CC(C)(C)c1cccc(C=Nc2ccccc2-c2nc3c(-c4ccc(-c5ccc(F)cc5)c5c4oc4ccccc45)cccc3s2)c1. The van der Waals surface area contributed by atoms with Gasteiger partial charge < -0.3 is 4.42 Å². The molecule has 6 aromatic carbocycles. The van der Waals surface area contributed by atoms with Gasteiger partial charge in [-0.1, -0.05) is 99.6 Å². The first-order valence-electron chi connectivity index (χ1n) is 15.7. The molecule has 0 saturated carbocycles. The topological polar surface area (TPSA) is 38.4 Å². The summed E-state index contributed by atoms with van der Waals surface area (Å²) in [5.41, 5.74) is 10.7. The van der Waals surface area contributed by atoms with E-state index in [4.69, 9.17) is 14.4 Å². The number of para-hydroxylation sites is 3. The van der Waals surface area contributed by atoms with E-state index in [2.05, 4.69) is 87.5 Å². The van der Waals surface area contributed by atoms with Gasteiger partial charge in [-0.25, -0.2) is 9.37 Å². The maximum Gasteiger partial charge on any atom is 0.143 e. The van der Waals surface area contributed by atoms with Crippen LogP contribution in [0.1, 0.15) is 31.9 Å². The fraction of sp³-hybridized carbons (Fsp3) is 0.0952. The van der Waals surface area contributed by atoms with Crippen molar-refractivity contribution in [3.8, 4) is 32.8 Å². The van der Waals surface area contributed by atoms with Crippen molar-refractivity contribution in [3.63, 3.8) is 0 Å². The summed E-state index contributed by atoms with van der Waals surface area (Å²) in [4.78, 5) is 10.2. The highest BCUT2D eigenvalue weighted by Gasteiger charge is 2.20. The lowest BCUT2D eigenvalue weighted by molar-refractivity contribution is 0.590. The Bertz CT molecular complexity index is 2460. The molecular weight excluding hydrogens is 600 g/mol. The Morgan fingerprint density at radius 3 is 2.32 bits per heavy atom. The van der Waals surface area contributed by atoms with Crippen molar-refractivity contribution in [2.75, 3.05) is 0 Å². The molecule has 3 nitrogen and oxygen atoms in total. The molecular formula is C42H31FN2OS. The van der Waals surface area contributed by atoms with Crippen LogP contribution in [0.15, 0.2) is 137 Å². The zero-order chi connectivity index (χ0) is 32.1. The number of aliphatic imine (C=N–C) groups is 1. The van der Waals surface area contributed by atoms with E-state index in [1.807, 2.05) is 54.7 Å². The first kappa shape index (κ1) is 29.0. The van der Waals surface area contributed by atoms with Crippen LogP contribution in [0, 0.1) is 5.82 Å². The summed E-state index contributed by atoms with van der Waals surface area (Å²) < 4.78 is 21.5. The second-order valence-corrected chi connectivity index (χ2v) is 13.8. The van der Waals surface area contributed by atoms with Crippen LogP contribution in [0.4, 0.5) is 10.1 Å². The van der Waals surface area contributed by atoms with Crippen LogP contribution >= 0.6 is 11.3 Å². The third-order valence-corrected chi connectivity index (χ3v) is 9.68. The molecule has 0 spiro atoms. The van der Waals surface area contributed by atoms with Crippen molar-refractivity contribution >= 4 is 55.4 Å². The normalized spacial score (nSPS) is 12.2. The van der Waals surface area contributed by atoms with Gasteiger partial charge in [0, 0.05) is 33.7 Å². The zero-order valence-electron chi connectivity index (χ0n) is 26.3. The van der Waals surface area contributed by atoms with E-state index < -0.39 is 0 Å². The van der Waals surface area contributed by atoms with Gasteiger partial charge >= 0.3 is 0 Å². The number of halogens is 1. The maximum atomic E-state index is 13.8. The van der Waals surface area contributed by atoms with Gasteiger partial charge in [0.15, 0.2) is 0 Å². The van der Waals surface area contributed by atoms with Crippen molar-refractivity contribution in [3.05, 3.63) is 144 Å². The number of hydrogen-bond donors (Lipinski definition) is 0. The first-order valence-corrected chi connectivity index (χ1v) is 16.5. The monoisotopic (exact) mass is 630 g/mol. The van der Waals surface area contributed by atoms with Gasteiger partial charge in [0.2, 0.25) is 0 Å². The molecule has 0 amide bonds. The third kappa shape index (κ3) is 5.33. The summed E-state index contributed by atoms with van der Waals surface area (Å²) in [7, 11) is 0. The molecule has 0 unspecified atom stereocenters. The number of rotatable bonds is 5. The lowest BCUT2D eigenvalue weighted by Gasteiger charge is -2.19. The Morgan fingerprint density at radius 2 is 1.47 bits per heavy atom. The first-order chi connectivity index (χ1) is 22.8. The second-order valence-electron chi connectivity index (χ2n) is 12.8. The Hall–Kier alpha value is -5.39. The van der Waals surface area contributed by atoms with Crippen LogP contribution in [0.25, 0.3) is 65.0 Å². The summed E-state index contributed by atoms with van der Waals surface area (Å²) in [6.45, 7) is 6.66. The lowest BCUT2D eigenvalue weighted by atomic mass is 9.86. The van der Waals surface area contributed by atoms with Crippen molar-refractivity contribution in [1.29, 1.82) is 0 Å². The van der Waals surface area contributed by atoms with Crippen LogP contribution in [-0.2, 0) is 5.41 Å². The zero-order valence-corrected chi connectivity index (χ0v) is 27.1. The molecule has 5 heteroatoms. The number of fused-ring (bicyclic) bond motifs is 4. The molecule has 0 radical (unpaired) electrons. The molecule has 0 fully saturated rings. The Labute approximate surface area is 276 Å². The fourth-order valence-electron chi connectivity index (χ4n) is 6.19. The molecule has 8 aromatic rings. The summed E-state index contributed by atoms with van der Waals surface area (Å²) >= 11 is 1.66. The molecule has 0 aliphatic heterocycles. The fourth-order valence-corrected chi connectivity index (χ4v) is 7.21. The summed E-state index contributed by atoms with van der Waals surface area (Å²) in [6, 6.07) is 42.0. The van der Waals surface area contributed by atoms with Crippen molar-refractivity contribution < 1.29 is 8.81 Å². The van der Waals surface area contributed by atoms with E-state index in [1.165, 1.54) is 17.7 Å². The smallest absolute Gasteiger partial charge is 0.143 e. The molecule has 2 heterocycles. The van der Waals surface area contributed by atoms with Gasteiger partial charge in [-0.15, -0.1) is 11.3 Å². The van der Waals surface area contributed by atoms with Gasteiger partial charge in [0.05, 0.1) is 15.9 Å². The van der Waals surface area contributed by atoms with Crippen molar-refractivity contribution in [2.45, 2.75) is 26.2 Å². The highest BCUT2D eigenvalue weighted by atomic mass is 32.1. The molecule has 8 rings (SSSR count). The number of nitrogens with zero attached hydrogens (tertiary/aromatic N) is 2. The highest BCUT2D eigenvalue weighted by Crippen LogP contribution is 2.45. The van der Waals surface area contributed by atoms with Gasteiger partial charge in [-0.3, -0.25) is 4.99 Å². The molecule has 0 bridgehead atoms. The second kappa shape index (κ2) is 11.4. The van der Waals surface area contributed by atoms with E-state index in [0.29, 0.717) is 0 Å². The summed E-state index contributed by atoms with van der Waals surface area (Å²) in [5, 5.41) is 2.94. The Morgan fingerprint density at radius 1 is 0.723 bits per heavy atom. The molecule has 47 heavy (non-hydrogen) atoms. The minimum atomic E-state index is -0.258. The minimum Gasteiger partial charge on any atom is -0.455 e. The number of thiazole rings is 1. The largest absolute Gasteiger partial charge is 0.455 e. The lowest BCUT2D eigenvalue weighted by Crippen LogP contribution is -2.11. The van der Waals surface area contributed by atoms with Gasteiger partial charge in [-0.2, -0.15) is 0 Å². The van der Waals surface area contributed by atoms with E-state index >= 15 is 0 Å². The van der Waals surface area contributed by atoms with Gasteiger partial charge in [0.25, 0.3) is 0 Å². The quantitative estimate of drug-likeness (QED) is 0.177. The Kier molecular flexibility index (Phi) is 7.07. The third-order valence-electron chi connectivity index (χ3n) is 8.63. The molecule has 0 aliphatic carbocycles. The van der Waals surface area contributed by atoms with Crippen LogP contribution in [0.5, 0.6) is 0 Å². The number of benzene rings is 6. The molecule has 0 N–H and O–H groups in total.